The van der Waals surface area contributed by atoms with Crippen molar-refractivity contribution in [3.63, 3.8) is 0 Å². The zero-order valence-corrected chi connectivity index (χ0v) is 13.9. The summed E-state index contributed by atoms with van der Waals surface area (Å²) in [4.78, 5) is 10.5. The molecule has 0 amide bonds. The molecule has 7 nitrogen and oxygen atoms in total. The molecule has 24 heavy (non-hydrogen) atoms. The fourth-order valence-electron chi connectivity index (χ4n) is 2.11. The van der Waals surface area contributed by atoms with E-state index in [-0.39, 0.29) is 17.1 Å². The molecule has 128 valence electrons. The average molecular weight is 332 g/mol. The van der Waals surface area contributed by atoms with Gasteiger partial charge in [0.1, 0.15) is 0 Å². The van der Waals surface area contributed by atoms with Crippen LogP contribution in [-0.2, 0) is 0 Å². The van der Waals surface area contributed by atoms with Crippen LogP contribution in [-0.4, -0.2) is 23.3 Å². The third kappa shape index (κ3) is 4.13. The van der Waals surface area contributed by atoms with E-state index < -0.39 is 4.92 Å². The van der Waals surface area contributed by atoms with Crippen molar-refractivity contribution < 1.29 is 18.9 Å². The van der Waals surface area contributed by atoms with Gasteiger partial charge in [-0.2, -0.15) is 0 Å². The summed E-state index contributed by atoms with van der Waals surface area (Å²) < 4.78 is 16.2. The first-order valence-corrected chi connectivity index (χ1v) is 7.75. The second kappa shape index (κ2) is 8.14. The molecule has 0 atom stereocenters. The molecule has 0 N–H and O–H groups in total. The normalized spacial score (nSPS) is 11.0. The Morgan fingerprint density at radius 3 is 2.71 bits per heavy atom. The summed E-state index contributed by atoms with van der Waals surface area (Å²) in [6.45, 7) is 6.59. The van der Waals surface area contributed by atoms with E-state index in [1.54, 1.807) is 6.08 Å². The summed E-state index contributed by atoms with van der Waals surface area (Å²) >= 11 is 0. The molecule has 0 saturated carbocycles. The van der Waals surface area contributed by atoms with E-state index in [1.165, 1.54) is 13.0 Å². The fourth-order valence-corrected chi connectivity index (χ4v) is 2.11. The molecule has 0 spiro atoms. The zero-order valence-electron chi connectivity index (χ0n) is 13.9. The van der Waals surface area contributed by atoms with E-state index in [1.807, 2.05) is 32.0 Å². The van der Waals surface area contributed by atoms with Crippen molar-refractivity contribution in [3.05, 3.63) is 45.3 Å². The number of aromatic nitrogens is 1. The maximum atomic E-state index is 11.0. The Balaban J connectivity index is 2.26. The molecule has 0 aliphatic carbocycles. The Kier molecular flexibility index (Phi) is 5.95. The maximum Gasteiger partial charge on any atom is 0.338 e. The fraction of sp³-hybridized carbons (Fsp3) is 0.353. The van der Waals surface area contributed by atoms with Crippen LogP contribution < -0.4 is 9.47 Å². The van der Waals surface area contributed by atoms with E-state index in [4.69, 9.17) is 14.0 Å². The highest BCUT2D eigenvalue weighted by molar-refractivity contribution is 5.72. The van der Waals surface area contributed by atoms with Crippen LogP contribution in [0, 0.1) is 17.0 Å². The molecule has 0 bridgehead atoms. The molecule has 0 saturated heterocycles. The van der Waals surface area contributed by atoms with Gasteiger partial charge >= 0.3 is 5.69 Å². The largest absolute Gasteiger partial charge is 0.490 e. The summed E-state index contributed by atoms with van der Waals surface area (Å²) in [6, 6.07) is 5.49. The topological polar surface area (TPSA) is 87.6 Å². The number of aryl methyl sites for hydroxylation is 1. The van der Waals surface area contributed by atoms with Gasteiger partial charge in [-0.25, -0.2) is 0 Å². The lowest BCUT2D eigenvalue weighted by Gasteiger charge is -2.11. The Hall–Kier alpha value is -2.83. The number of hydrogen-bond acceptors (Lipinski definition) is 6. The predicted molar refractivity (Wildman–Crippen MR) is 90.2 cm³/mol. The summed E-state index contributed by atoms with van der Waals surface area (Å²) in [6.07, 6.45) is 4.14. The SMILES string of the molecule is CCCOc1ccc(/C=C/c2onc(C)c2[N+](=O)[O-])cc1OCC. The van der Waals surface area contributed by atoms with Gasteiger partial charge in [-0.1, -0.05) is 24.2 Å². The van der Waals surface area contributed by atoms with Crippen LogP contribution in [0.5, 0.6) is 11.5 Å². The first kappa shape index (κ1) is 17.5. The van der Waals surface area contributed by atoms with Crippen molar-refractivity contribution in [2.24, 2.45) is 0 Å². The molecular weight excluding hydrogens is 312 g/mol. The highest BCUT2D eigenvalue weighted by Gasteiger charge is 2.21. The number of nitro groups is 1. The molecule has 1 heterocycles. The van der Waals surface area contributed by atoms with Gasteiger partial charge in [0.05, 0.1) is 18.1 Å². The Labute approximate surface area is 140 Å². The van der Waals surface area contributed by atoms with Crippen LogP contribution >= 0.6 is 0 Å². The molecule has 0 unspecified atom stereocenters. The van der Waals surface area contributed by atoms with Crippen LogP contribution in [0.1, 0.15) is 37.3 Å². The van der Waals surface area contributed by atoms with Crippen molar-refractivity contribution in [3.8, 4) is 11.5 Å². The lowest BCUT2D eigenvalue weighted by atomic mass is 10.1. The van der Waals surface area contributed by atoms with Crippen molar-refractivity contribution in [2.45, 2.75) is 27.2 Å². The summed E-state index contributed by atoms with van der Waals surface area (Å²) in [7, 11) is 0. The first-order valence-electron chi connectivity index (χ1n) is 7.75. The van der Waals surface area contributed by atoms with E-state index in [0.717, 1.165) is 12.0 Å². The van der Waals surface area contributed by atoms with Crippen LogP contribution in [0.3, 0.4) is 0 Å². The van der Waals surface area contributed by atoms with Crippen molar-refractivity contribution in [1.29, 1.82) is 0 Å². The van der Waals surface area contributed by atoms with Crippen molar-refractivity contribution in [1.82, 2.24) is 5.16 Å². The van der Waals surface area contributed by atoms with Gasteiger partial charge in [0.2, 0.25) is 5.76 Å². The van der Waals surface area contributed by atoms with E-state index in [2.05, 4.69) is 5.16 Å². The second-order valence-electron chi connectivity index (χ2n) is 5.06. The van der Waals surface area contributed by atoms with Gasteiger partial charge in [-0.15, -0.1) is 0 Å². The van der Waals surface area contributed by atoms with Gasteiger partial charge in [0.15, 0.2) is 17.2 Å². The standard InChI is InChI=1S/C17H20N2O5/c1-4-10-23-14-8-6-13(11-16(14)22-5-2)7-9-15-17(19(20)21)12(3)18-24-15/h6-9,11H,4-5,10H2,1-3H3/b9-7+. The minimum absolute atomic E-state index is 0.113. The first-order chi connectivity index (χ1) is 11.6. The molecule has 7 heteroatoms. The Morgan fingerprint density at radius 2 is 2.04 bits per heavy atom. The minimum atomic E-state index is -0.501. The molecule has 0 fully saturated rings. The summed E-state index contributed by atoms with van der Waals surface area (Å²) in [5, 5.41) is 14.7. The average Bonchev–Trinajstić information content (AvgIpc) is 2.93. The summed E-state index contributed by atoms with van der Waals surface area (Å²) in [5.74, 6) is 1.43. The zero-order chi connectivity index (χ0) is 17.5. The van der Waals surface area contributed by atoms with Crippen molar-refractivity contribution in [2.75, 3.05) is 13.2 Å². The molecule has 0 aliphatic rings. The smallest absolute Gasteiger partial charge is 0.338 e. The number of hydrogen-bond donors (Lipinski definition) is 0. The molecular formula is C17H20N2O5. The lowest BCUT2D eigenvalue weighted by molar-refractivity contribution is -0.386. The monoisotopic (exact) mass is 332 g/mol. The maximum absolute atomic E-state index is 11.0. The molecule has 1 aromatic carbocycles. The van der Waals surface area contributed by atoms with Crippen LogP contribution in [0.2, 0.25) is 0 Å². The minimum Gasteiger partial charge on any atom is -0.490 e. The third-order valence-corrected chi connectivity index (χ3v) is 3.20. The van der Waals surface area contributed by atoms with Crippen molar-refractivity contribution >= 4 is 17.8 Å². The Morgan fingerprint density at radius 1 is 1.25 bits per heavy atom. The summed E-state index contributed by atoms with van der Waals surface area (Å²) in [5.41, 5.74) is 0.933. The van der Waals surface area contributed by atoms with Crippen LogP contribution in [0.25, 0.3) is 12.2 Å². The van der Waals surface area contributed by atoms with Gasteiger partial charge in [-0.05, 0) is 44.0 Å². The number of ether oxygens (including phenoxy) is 2. The van der Waals surface area contributed by atoms with Crippen LogP contribution in [0.15, 0.2) is 22.7 Å². The van der Waals surface area contributed by atoms with E-state index in [0.29, 0.717) is 24.7 Å². The third-order valence-electron chi connectivity index (χ3n) is 3.20. The predicted octanol–water partition coefficient (Wildman–Crippen LogP) is 4.25. The molecule has 0 aliphatic heterocycles. The van der Waals surface area contributed by atoms with Crippen LogP contribution in [0.4, 0.5) is 5.69 Å². The van der Waals surface area contributed by atoms with Gasteiger partial charge < -0.3 is 14.0 Å². The molecule has 0 radical (unpaired) electrons. The van der Waals surface area contributed by atoms with E-state index in [9.17, 15) is 10.1 Å². The Bertz CT molecular complexity index is 737. The molecule has 2 aromatic rings. The number of benzene rings is 1. The number of rotatable bonds is 8. The lowest BCUT2D eigenvalue weighted by Crippen LogP contribution is -2.00. The van der Waals surface area contributed by atoms with Gasteiger partial charge in [0, 0.05) is 0 Å². The molecule has 2 rings (SSSR count). The van der Waals surface area contributed by atoms with Gasteiger partial charge in [0.25, 0.3) is 0 Å². The van der Waals surface area contributed by atoms with Gasteiger partial charge in [-0.3, -0.25) is 10.1 Å². The quantitative estimate of drug-likeness (QED) is 0.530. The van der Waals surface area contributed by atoms with E-state index >= 15 is 0 Å². The number of nitrogens with zero attached hydrogens (tertiary/aromatic N) is 2. The molecule has 1 aromatic heterocycles. The highest BCUT2D eigenvalue weighted by atomic mass is 16.6. The second-order valence-corrected chi connectivity index (χ2v) is 5.06. The highest BCUT2D eigenvalue weighted by Crippen LogP contribution is 2.30.